The maximum absolute atomic E-state index is 14.6. The van der Waals surface area contributed by atoms with Crippen LogP contribution in [0.5, 0.6) is 5.75 Å². The molecule has 0 radical (unpaired) electrons. The van der Waals surface area contributed by atoms with Crippen LogP contribution in [0.4, 0.5) is 4.79 Å². The molecule has 1 aromatic rings. The molecule has 3 N–H and O–H groups in total. The quantitative estimate of drug-likeness (QED) is 0.283. The Labute approximate surface area is 329 Å². The van der Waals surface area contributed by atoms with Crippen LogP contribution in [0.2, 0.25) is 0 Å². The van der Waals surface area contributed by atoms with Crippen molar-refractivity contribution in [1.82, 2.24) is 25.2 Å². The molecular formula is C40H57N5O10S. The van der Waals surface area contributed by atoms with Gasteiger partial charge in [0.25, 0.3) is 5.91 Å². The molecule has 1 aromatic carbocycles. The maximum atomic E-state index is 14.6. The van der Waals surface area contributed by atoms with Crippen molar-refractivity contribution in [3.05, 3.63) is 42.0 Å². The van der Waals surface area contributed by atoms with Gasteiger partial charge in [-0.2, -0.15) is 0 Å². The number of ether oxygens (including phenoxy) is 4. The third-order valence-corrected chi connectivity index (χ3v) is 13.7. The molecule has 8 atom stereocenters. The summed E-state index contributed by atoms with van der Waals surface area (Å²) in [7, 11) is -3.89. The third kappa shape index (κ3) is 8.72. The largest absolute Gasteiger partial charge is 0.493 e. The lowest BCUT2D eigenvalue weighted by Gasteiger charge is -2.35. The smallest absolute Gasteiger partial charge is 0.407 e. The number of alkyl carbamates (subject to hydrolysis) is 1. The minimum atomic E-state index is -3.89. The fourth-order valence-corrected chi connectivity index (χ4v) is 9.51. The zero-order valence-corrected chi connectivity index (χ0v) is 34.0. The number of rotatable bonds is 6. The first-order valence-corrected chi connectivity index (χ1v) is 21.5. The fraction of sp³-hybridized carbons (Fsp3) is 0.700. The summed E-state index contributed by atoms with van der Waals surface area (Å²) in [5.74, 6) is -1.63. The van der Waals surface area contributed by atoms with Gasteiger partial charge in [0.05, 0.1) is 24.6 Å². The predicted molar refractivity (Wildman–Crippen MR) is 204 cm³/mol. The van der Waals surface area contributed by atoms with Crippen molar-refractivity contribution in [3.63, 3.8) is 0 Å². The van der Waals surface area contributed by atoms with Gasteiger partial charge in [-0.3, -0.25) is 24.0 Å². The highest BCUT2D eigenvalue weighted by Gasteiger charge is 2.62. The number of cyclic esters (lactones) is 1. The van der Waals surface area contributed by atoms with E-state index in [4.69, 9.17) is 18.9 Å². The molecule has 2 saturated carbocycles. The van der Waals surface area contributed by atoms with Crippen molar-refractivity contribution in [2.45, 2.75) is 141 Å². The van der Waals surface area contributed by atoms with Crippen LogP contribution in [0.15, 0.2) is 30.9 Å². The van der Waals surface area contributed by atoms with Gasteiger partial charge in [-0.15, -0.1) is 6.58 Å². The average Bonchev–Trinajstić information content (AvgIpc) is 4.08. The molecule has 6 aliphatic rings. The SMILES string of the molecule is C=C[C@H]1C[C@@]1(NC(=O)C1C[C@@H]2CN1C(=O)[C@H](C(C)(C)C)NC(=O)OCC(C)(C)CCCCCOc1cccc3c1CN(C3)C1OC1O2)C(=O)NS(=O)(=O)C1CC1. The lowest BCUT2D eigenvalue weighted by atomic mass is 9.85. The van der Waals surface area contributed by atoms with Crippen LogP contribution < -0.4 is 20.1 Å². The van der Waals surface area contributed by atoms with Crippen molar-refractivity contribution >= 4 is 33.8 Å². The normalized spacial score (nSPS) is 33.5. The number of carbonyl (C=O) groups excluding carboxylic acids is 4. The van der Waals surface area contributed by atoms with Gasteiger partial charge in [0.2, 0.25) is 21.8 Å². The van der Waals surface area contributed by atoms with Crippen LogP contribution >= 0.6 is 0 Å². The van der Waals surface area contributed by atoms with Crippen molar-refractivity contribution in [3.8, 4) is 5.75 Å². The van der Waals surface area contributed by atoms with Crippen LogP contribution in [-0.2, 0) is 51.7 Å². The molecule has 7 rings (SSSR count). The Kier molecular flexibility index (Phi) is 11.0. The van der Waals surface area contributed by atoms with Crippen LogP contribution in [0.1, 0.15) is 97.1 Å². The summed E-state index contributed by atoms with van der Waals surface area (Å²) in [6.45, 7) is 15.3. The molecular weight excluding hydrogens is 743 g/mol. The summed E-state index contributed by atoms with van der Waals surface area (Å²) in [5, 5.41) is 4.97. The van der Waals surface area contributed by atoms with Gasteiger partial charge in [-0.05, 0) is 54.6 Å². The van der Waals surface area contributed by atoms with Gasteiger partial charge in [0, 0.05) is 37.5 Å². The maximum Gasteiger partial charge on any atom is 0.407 e. The molecule has 0 aromatic heterocycles. The van der Waals surface area contributed by atoms with E-state index in [9.17, 15) is 27.6 Å². The molecule has 4 amide bonds. The lowest BCUT2D eigenvalue weighted by molar-refractivity contribution is -0.143. The zero-order valence-electron chi connectivity index (χ0n) is 33.1. The van der Waals surface area contributed by atoms with E-state index in [1.807, 2.05) is 46.8 Å². The van der Waals surface area contributed by atoms with Gasteiger partial charge < -0.3 is 34.5 Å². The van der Waals surface area contributed by atoms with E-state index >= 15 is 0 Å². The van der Waals surface area contributed by atoms with E-state index in [2.05, 4.69) is 32.9 Å². The fourth-order valence-electron chi connectivity index (χ4n) is 8.15. The van der Waals surface area contributed by atoms with E-state index in [0.29, 0.717) is 32.5 Å². The molecule has 2 saturated heterocycles. The number of sulfonamides is 1. The molecule has 4 bridgehead atoms. The number of fused-ring (bicyclic) bond motifs is 5. The van der Waals surface area contributed by atoms with Gasteiger partial charge in [0.15, 0.2) is 12.5 Å². The summed E-state index contributed by atoms with van der Waals surface area (Å²) < 4.78 is 52.0. The monoisotopic (exact) mass is 799 g/mol. The number of nitrogens with one attached hydrogen (secondary N) is 3. The van der Waals surface area contributed by atoms with Crippen LogP contribution in [0.25, 0.3) is 0 Å². The summed E-state index contributed by atoms with van der Waals surface area (Å²) in [6.07, 6.45) is 3.97. The third-order valence-electron chi connectivity index (χ3n) is 11.9. The first-order valence-electron chi connectivity index (χ1n) is 19.9. The lowest BCUT2D eigenvalue weighted by Crippen LogP contribution is -2.60. The number of nitrogens with zero attached hydrogens (tertiary/aromatic N) is 2. The van der Waals surface area contributed by atoms with E-state index in [1.165, 1.54) is 16.5 Å². The second-order valence-electron chi connectivity index (χ2n) is 18.2. The highest BCUT2D eigenvalue weighted by atomic mass is 32.2. The number of hydrogen-bond donors (Lipinski definition) is 3. The predicted octanol–water partition coefficient (Wildman–Crippen LogP) is 3.46. The van der Waals surface area contributed by atoms with Crippen LogP contribution in [0.3, 0.4) is 0 Å². The Morgan fingerprint density at radius 3 is 2.52 bits per heavy atom. The Morgan fingerprint density at radius 2 is 1.82 bits per heavy atom. The van der Waals surface area contributed by atoms with Gasteiger partial charge in [-0.1, -0.05) is 65.7 Å². The number of carbonyl (C=O) groups is 4. The Balaban J connectivity index is 1.13. The molecule has 56 heavy (non-hydrogen) atoms. The molecule has 4 unspecified atom stereocenters. The van der Waals surface area contributed by atoms with Gasteiger partial charge >= 0.3 is 6.09 Å². The molecule has 4 aliphatic heterocycles. The molecule has 308 valence electrons. The summed E-state index contributed by atoms with van der Waals surface area (Å²) in [4.78, 5) is 59.3. The Bertz CT molecular complexity index is 1840. The topological polar surface area (TPSA) is 185 Å². The Morgan fingerprint density at radius 1 is 1.05 bits per heavy atom. The molecule has 2 aliphatic carbocycles. The summed E-state index contributed by atoms with van der Waals surface area (Å²) in [6, 6.07) is 3.90. The van der Waals surface area contributed by atoms with Gasteiger partial charge in [0.1, 0.15) is 23.4 Å². The number of epoxide rings is 1. The molecule has 16 heteroatoms. The van der Waals surface area contributed by atoms with E-state index < -0.39 is 80.4 Å². The number of amides is 4. The Hall–Kier alpha value is -3.73. The van der Waals surface area contributed by atoms with Crippen molar-refractivity contribution in [2.75, 3.05) is 19.8 Å². The molecule has 4 heterocycles. The van der Waals surface area contributed by atoms with Crippen molar-refractivity contribution in [1.29, 1.82) is 0 Å². The molecule has 4 fully saturated rings. The van der Waals surface area contributed by atoms with E-state index in [0.717, 1.165) is 37.0 Å². The second-order valence-corrected chi connectivity index (χ2v) is 20.2. The molecule has 0 spiro atoms. The highest BCUT2D eigenvalue weighted by Crippen LogP contribution is 2.46. The minimum absolute atomic E-state index is 0.0121. The zero-order chi connectivity index (χ0) is 40.2. The molecule has 15 nitrogen and oxygen atoms in total. The van der Waals surface area contributed by atoms with Crippen molar-refractivity contribution in [2.24, 2.45) is 16.7 Å². The standard InChI is InChI=1S/C40H57N5O10S/c1-7-25-19-40(25,36(48)43-56(50,51)27-14-15-27)42-32(46)29-18-26-21-45(29)33(47)31(38(2,3)4)41-37(49)53-23-39(5,6)16-9-8-10-17-52-30-13-11-12-24-20-44(22-28(24)30)34-35(54-26)55-34/h7,11-13,25-27,29,31,34-35H,1,8-10,14-23H2,2-6H3,(H,41,49)(H,42,46)(H,43,48)/t25-,26+,29?,31+,34?,35?,40-/m0/s1. The minimum Gasteiger partial charge on any atom is -0.493 e. The van der Waals surface area contributed by atoms with E-state index in [1.54, 1.807) is 0 Å². The van der Waals surface area contributed by atoms with Gasteiger partial charge in [-0.25, -0.2) is 13.2 Å². The van der Waals surface area contributed by atoms with Crippen molar-refractivity contribution < 1.29 is 46.5 Å². The van der Waals surface area contributed by atoms with Crippen LogP contribution in [0, 0.1) is 16.7 Å². The first kappa shape index (κ1) is 40.5. The summed E-state index contributed by atoms with van der Waals surface area (Å²) >= 11 is 0. The van der Waals surface area contributed by atoms with E-state index in [-0.39, 0.29) is 37.6 Å². The van der Waals surface area contributed by atoms with Crippen LogP contribution in [-0.4, -0.2) is 103 Å². The highest BCUT2D eigenvalue weighted by molar-refractivity contribution is 7.91. The number of hydrogen-bond acceptors (Lipinski definition) is 11. The number of benzene rings is 1. The second kappa shape index (κ2) is 15.2. The first-order chi connectivity index (χ1) is 26.4. The summed E-state index contributed by atoms with van der Waals surface area (Å²) in [5.41, 5.74) is -0.351. The average molecular weight is 800 g/mol.